The molecule has 0 bridgehead atoms. The average molecular weight is 259 g/mol. The van der Waals surface area contributed by atoms with Gasteiger partial charge in [0.1, 0.15) is 0 Å². The van der Waals surface area contributed by atoms with Gasteiger partial charge in [0.15, 0.2) is 5.76 Å². The topological polar surface area (TPSA) is 43.0 Å². The van der Waals surface area contributed by atoms with Crippen molar-refractivity contribution in [1.82, 2.24) is 15.0 Å². The molecule has 0 fully saturated rings. The summed E-state index contributed by atoms with van der Waals surface area (Å²) < 4.78 is 7.51. The van der Waals surface area contributed by atoms with Gasteiger partial charge < -0.3 is 14.4 Å². The first-order chi connectivity index (χ1) is 9.26. The summed E-state index contributed by atoms with van der Waals surface area (Å²) in [6.45, 7) is 5.92. The fourth-order valence-electron chi connectivity index (χ4n) is 2.97. The number of fused-ring (bicyclic) bond motifs is 1. The first-order valence-electron chi connectivity index (χ1n) is 7.10. The van der Waals surface area contributed by atoms with E-state index in [1.165, 1.54) is 30.4 Å². The molecule has 4 heteroatoms. The zero-order valence-electron chi connectivity index (χ0n) is 11.6. The van der Waals surface area contributed by atoms with Crippen LogP contribution in [0.15, 0.2) is 23.0 Å². The quantitative estimate of drug-likeness (QED) is 0.918. The van der Waals surface area contributed by atoms with Crippen molar-refractivity contribution < 1.29 is 4.52 Å². The first-order valence-corrected chi connectivity index (χ1v) is 7.10. The zero-order chi connectivity index (χ0) is 13.2. The Morgan fingerprint density at radius 3 is 3.11 bits per heavy atom. The van der Waals surface area contributed by atoms with Gasteiger partial charge in [-0.05, 0) is 43.9 Å². The lowest BCUT2D eigenvalue weighted by Crippen LogP contribution is -2.23. The lowest BCUT2D eigenvalue weighted by molar-refractivity contribution is 0.373. The smallest absolute Gasteiger partial charge is 0.156 e. The monoisotopic (exact) mass is 259 g/mol. The third-order valence-electron chi connectivity index (χ3n) is 3.78. The van der Waals surface area contributed by atoms with Crippen LogP contribution in [0.5, 0.6) is 0 Å². The fraction of sp³-hybridized carbons (Fsp3) is 0.533. The minimum absolute atomic E-state index is 0.520. The molecule has 2 heterocycles. The van der Waals surface area contributed by atoms with E-state index in [1.54, 1.807) is 0 Å². The van der Waals surface area contributed by atoms with Gasteiger partial charge in [-0.1, -0.05) is 12.1 Å². The second kappa shape index (κ2) is 5.21. The van der Waals surface area contributed by atoms with Crippen molar-refractivity contribution >= 4 is 0 Å². The van der Waals surface area contributed by atoms with Crippen LogP contribution < -0.4 is 5.32 Å². The Labute approximate surface area is 113 Å². The van der Waals surface area contributed by atoms with Crippen LogP contribution in [0, 0.1) is 6.92 Å². The summed E-state index contributed by atoms with van der Waals surface area (Å²) in [7, 11) is 0. The van der Waals surface area contributed by atoms with Crippen LogP contribution in [-0.2, 0) is 13.0 Å². The van der Waals surface area contributed by atoms with Crippen molar-refractivity contribution in [2.75, 3.05) is 6.54 Å². The van der Waals surface area contributed by atoms with Gasteiger partial charge in [-0.15, -0.1) is 0 Å². The Morgan fingerprint density at radius 2 is 2.37 bits per heavy atom. The van der Waals surface area contributed by atoms with E-state index in [0.29, 0.717) is 6.04 Å². The van der Waals surface area contributed by atoms with Gasteiger partial charge >= 0.3 is 0 Å². The largest absolute Gasteiger partial charge is 0.359 e. The van der Waals surface area contributed by atoms with Crippen molar-refractivity contribution in [2.45, 2.75) is 45.7 Å². The molecule has 1 aliphatic carbocycles. The van der Waals surface area contributed by atoms with Crippen LogP contribution in [0.4, 0.5) is 0 Å². The molecule has 2 aromatic heterocycles. The Kier molecular flexibility index (Phi) is 3.42. The van der Waals surface area contributed by atoms with Gasteiger partial charge in [0.25, 0.3) is 0 Å². The number of aryl methyl sites for hydroxylation is 2. The van der Waals surface area contributed by atoms with Gasteiger partial charge in [-0.2, -0.15) is 0 Å². The van der Waals surface area contributed by atoms with Crippen molar-refractivity contribution in [1.29, 1.82) is 0 Å². The summed E-state index contributed by atoms with van der Waals surface area (Å²) in [5, 5.41) is 7.51. The number of nitrogens with one attached hydrogen (secondary N) is 1. The molecule has 0 aliphatic heterocycles. The molecule has 0 radical (unpaired) electrons. The highest BCUT2D eigenvalue weighted by Crippen LogP contribution is 2.30. The van der Waals surface area contributed by atoms with E-state index >= 15 is 0 Å². The molecule has 1 N–H and O–H groups in total. The minimum Gasteiger partial charge on any atom is -0.359 e. The molecule has 1 atom stereocenters. The lowest BCUT2D eigenvalue weighted by atomic mass is 9.91. The highest BCUT2D eigenvalue weighted by atomic mass is 16.5. The second-order valence-electron chi connectivity index (χ2n) is 5.35. The molecule has 0 saturated carbocycles. The van der Waals surface area contributed by atoms with Crippen molar-refractivity contribution in [3.63, 3.8) is 0 Å². The third-order valence-corrected chi connectivity index (χ3v) is 3.78. The summed E-state index contributed by atoms with van der Waals surface area (Å²) in [6, 6.07) is 2.52. The molecule has 4 nitrogen and oxygen atoms in total. The Balaban J connectivity index is 1.81. The number of nitrogens with zero attached hydrogens (tertiary/aromatic N) is 2. The molecule has 19 heavy (non-hydrogen) atoms. The molecule has 2 aromatic rings. The summed E-state index contributed by atoms with van der Waals surface area (Å²) in [5.41, 5.74) is 3.88. The molecule has 0 saturated heterocycles. The maximum Gasteiger partial charge on any atom is 0.156 e. The number of hydrogen-bond donors (Lipinski definition) is 1. The van der Waals surface area contributed by atoms with Gasteiger partial charge in [-0.25, -0.2) is 0 Å². The Bertz CT molecular complexity index is 555. The summed E-state index contributed by atoms with van der Waals surface area (Å²) >= 11 is 0. The van der Waals surface area contributed by atoms with E-state index < -0.39 is 0 Å². The maximum atomic E-state index is 5.29. The van der Waals surface area contributed by atoms with Crippen molar-refractivity contribution in [3.05, 3.63) is 41.0 Å². The van der Waals surface area contributed by atoms with Gasteiger partial charge in [0.2, 0.25) is 0 Å². The van der Waals surface area contributed by atoms with Gasteiger partial charge in [-0.3, -0.25) is 0 Å². The minimum atomic E-state index is 0.520. The van der Waals surface area contributed by atoms with Gasteiger partial charge in [0, 0.05) is 24.5 Å². The van der Waals surface area contributed by atoms with Crippen LogP contribution in [0.25, 0.3) is 0 Å². The summed E-state index contributed by atoms with van der Waals surface area (Å²) in [4.78, 5) is 0. The standard InChI is InChI=1S/C15H21N3O/c1-3-16-15-6-4-5-12-8-18(10-14(12)15)9-13-7-11(2)17-19-13/h7-8,10,15-16H,3-6,9H2,1-2H3. The van der Waals surface area contributed by atoms with Crippen LogP contribution in [0.1, 0.15) is 48.4 Å². The molecule has 1 unspecified atom stereocenters. The second-order valence-corrected chi connectivity index (χ2v) is 5.35. The Hall–Kier alpha value is -1.55. The molecular formula is C15H21N3O. The van der Waals surface area contributed by atoms with E-state index in [1.807, 2.05) is 13.0 Å². The van der Waals surface area contributed by atoms with E-state index in [2.05, 4.69) is 34.4 Å². The number of aromatic nitrogens is 2. The molecule has 3 rings (SSSR count). The molecule has 0 spiro atoms. The van der Waals surface area contributed by atoms with Crippen LogP contribution in [0.3, 0.4) is 0 Å². The van der Waals surface area contributed by atoms with Crippen LogP contribution >= 0.6 is 0 Å². The number of rotatable bonds is 4. The SMILES string of the molecule is CCNC1CCCc2cn(Cc3cc(C)no3)cc21. The average Bonchev–Trinajstić information content (AvgIpc) is 2.97. The highest BCUT2D eigenvalue weighted by molar-refractivity contribution is 5.30. The summed E-state index contributed by atoms with van der Waals surface area (Å²) in [6.07, 6.45) is 8.23. The van der Waals surface area contributed by atoms with Crippen molar-refractivity contribution in [3.8, 4) is 0 Å². The van der Waals surface area contributed by atoms with E-state index in [4.69, 9.17) is 4.52 Å². The van der Waals surface area contributed by atoms with Crippen LogP contribution in [-0.4, -0.2) is 16.3 Å². The molecule has 0 aromatic carbocycles. The number of hydrogen-bond acceptors (Lipinski definition) is 3. The maximum absolute atomic E-state index is 5.29. The highest BCUT2D eigenvalue weighted by Gasteiger charge is 2.21. The predicted octanol–water partition coefficient (Wildman–Crippen LogP) is 2.82. The molecular weight excluding hydrogens is 238 g/mol. The predicted molar refractivity (Wildman–Crippen MR) is 74.1 cm³/mol. The lowest BCUT2D eigenvalue weighted by Gasteiger charge is -2.22. The normalized spacial score (nSPS) is 18.5. The molecule has 1 aliphatic rings. The summed E-state index contributed by atoms with van der Waals surface area (Å²) in [5.74, 6) is 0.921. The first kappa shape index (κ1) is 12.5. The van der Waals surface area contributed by atoms with E-state index in [9.17, 15) is 0 Å². The van der Waals surface area contributed by atoms with Gasteiger partial charge in [0.05, 0.1) is 12.2 Å². The Morgan fingerprint density at radius 1 is 1.47 bits per heavy atom. The van der Waals surface area contributed by atoms with Crippen LogP contribution in [0.2, 0.25) is 0 Å². The van der Waals surface area contributed by atoms with E-state index in [0.717, 1.165) is 24.5 Å². The molecule has 0 amide bonds. The van der Waals surface area contributed by atoms with E-state index in [-0.39, 0.29) is 0 Å². The molecule has 102 valence electrons. The van der Waals surface area contributed by atoms with Crippen molar-refractivity contribution in [2.24, 2.45) is 0 Å². The third kappa shape index (κ3) is 2.59. The zero-order valence-corrected chi connectivity index (χ0v) is 11.6. The fourth-order valence-corrected chi connectivity index (χ4v) is 2.97.